The number of hydrogen-bond acceptors (Lipinski definition) is 4. The Morgan fingerprint density at radius 3 is 2.85 bits per heavy atom. The summed E-state index contributed by atoms with van der Waals surface area (Å²) in [7, 11) is 0. The third kappa shape index (κ3) is 2.64. The highest BCUT2D eigenvalue weighted by atomic mass is 16.3. The fraction of sp³-hybridized carbons (Fsp3) is 0.0625. The van der Waals surface area contributed by atoms with Crippen molar-refractivity contribution in [1.29, 1.82) is 0 Å². The van der Waals surface area contributed by atoms with E-state index in [9.17, 15) is 15.0 Å². The first-order valence-electron chi connectivity index (χ1n) is 5.98. The van der Waals surface area contributed by atoms with E-state index in [2.05, 4.69) is 6.58 Å². The van der Waals surface area contributed by atoms with Gasteiger partial charge in [-0.25, -0.2) is 0 Å². The Morgan fingerprint density at radius 1 is 1.40 bits per heavy atom. The number of phenolic OH excluding ortho intramolecular Hbond substituents is 1. The van der Waals surface area contributed by atoms with Crippen LogP contribution in [0.2, 0.25) is 0 Å². The smallest absolute Gasteiger partial charge is 0.200 e. The van der Waals surface area contributed by atoms with Gasteiger partial charge in [-0.3, -0.25) is 4.79 Å². The molecule has 0 amide bonds. The highest BCUT2D eigenvalue weighted by Crippen LogP contribution is 2.22. The van der Waals surface area contributed by atoms with E-state index >= 15 is 0 Å². The molecule has 0 atom stereocenters. The number of phenols is 1. The summed E-state index contributed by atoms with van der Waals surface area (Å²) < 4.78 is 5.35. The zero-order valence-corrected chi connectivity index (χ0v) is 11.0. The fourth-order valence-electron chi connectivity index (χ4n) is 1.88. The first-order chi connectivity index (χ1) is 9.52. The molecule has 2 aromatic rings. The minimum Gasteiger partial charge on any atom is -0.508 e. The third-order valence-corrected chi connectivity index (χ3v) is 2.84. The molecule has 20 heavy (non-hydrogen) atoms. The van der Waals surface area contributed by atoms with E-state index in [0.29, 0.717) is 22.1 Å². The predicted octanol–water partition coefficient (Wildman–Crippen LogP) is 3.45. The number of hydrogen-bond donors (Lipinski definition) is 2. The topological polar surface area (TPSA) is 70.7 Å². The number of allylic oxidation sites excluding steroid dienone is 3. The maximum Gasteiger partial charge on any atom is 0.200 e. The molecule has 1 aromatic heterocycles. The van der Waals surface area contributed by atoms with Gasteiger partial charge >= 0.3 is 0 Å². The zero-order chi connectivity index (χ0) is 14.7. The van der Waals surface area contributed by atoms with Gasteiger partial charge in [-0.1, -0.05) is 12.7 Å². The van der Waals surface area contributed by atoms with Crippen LogP contribution in [-0.4, -0.2) is 10.2 Å². The van der Waals surface area contributed by atoms with Crippen LogP contribution in [-0.2, 0) is 0 Å². The third-order valence-electron chi connectivity index (χ3n) is 2.84. The molecule has 4 heteroatoms. The summed E-state index contributed by atoms with van der Waals surface area (Å²) in [6, 6.07) is 2.91. The highest BCUT2D eigenvalue weighted by molar-refractivity contribution is 5.83. The number of fused-ring (bicyclic) bond motifs is 1. The summed E-state index contributed by atoms with van der Waals surface area (Å²) in [5, 5.41) is 19.1. The van der Waals surface area contributed by atoms with Crippen molar-refractivity contribution in [2.45, 2.75) is 6.92 Å². The van der Waals surface area contributed by atoms with E-state index < -0.39 is 0 Å². The van der Waals surface area contributed by atoms with Crippen LogP contribution >= 0.6 is 0 Å². The molecular formula is C16H14O4. The number of rotatable bonds is 3. The lowest BCUT2D eigenvalue weighted by Crippen LogP contribution is -2.06. The molecule has 0 saturated heterocycles. The quantitative estimate of drug-likeness (QED) is 0.662. The predicted molar refractivity (Wildman–Crippen MR) is 78.8 cm³/mol. The molecule has 1 aromatic carbocycles. The van der Waals surface area contributed by atoms with Crippen molar-refractivity contribution in [2.75, 3.05) is 0 Å². The molecule has 2 N–H and O–H groups in total. The maximum absolute atomic E-state index is 12.3. The lowest BCUT2D eigenvalue weighted by atomic mass is 10.1. The van der Waals surface area contributed by atoms with E-state index in [1.165, 1.54) is 42.7 Å². The van der Waals surface area contributed by atoms with Gasteiger partial charge in [0.15, 0.2) is 5.43 Å². The van der Waals surface area contributed by atoms with E-state index in [4.69, 9.17) is 4.42 Å². The van der Waals surface area contributed by atoms with Crippen molar-refractivity contribution < 1.29 is 14.6 Å². The lowest BCUT2D eigenvalue weighted by molar-refractivity contribution is 0.433. The van der Waals surface area contributed by atoms with Gasteiger partial charge in [0.05, 0.1) is 10.9 Å². The van der Waals surface area contributed by atoms with Crippen molar-refractivity contribution in [3.8, 4) is 5.75 Å². The maximum atomic E-state index is 12.3. The zero-order valence-electron chi connectivity index (χ0n) is 11.0. The van der Waals surface area contributed by atoms with Crippen LogP contribution in [0.3, 0.4) is 0 Å². The molecule has 102 valence electrons. The normalized spacial score (nSPS) is 12.2. The molecule has 4 nitrogen and oxygen atoms in total. The van der Waals surface area contributed by atoms with Crippen LogP contribution in [0.15, 0.2) is 58.2 Å². The van der Waals surface area contributed by atoms with Gasteiger partial charge in [-0.15, -0.1) is 0 Å². The van der Waals surface area contributed by atoms with Crippen LogP contribution in [0.4, 0.5) is 0 Å². The number of aryl methyl sites for hydroxylation is 1. The second-order valence-electron chi connectivity index (χ2n) is 4.31. The van der Waals surface area contributed by atoms with Crippen LogP contribution in [0.1, 0.15) is 11.1 Å². The molecule has 0 aliphatic rings. The molecule has 0 aliphatic heterocycles. The number of benzene rings is 1. The Hall–Kier alpha value is -2.75. The molecular weight excluding hydrogens is 256 g/mol. The Labute approximate surface area is 115 Å². The summed E-state index contributed by atoms with van der Waals surface area (Å²) in [5.74, 6) is 0.0628. The van der Waals surface area contributed by atoms with Crippen molar-refractivity contribution in [2.24, 2.45) is 0 Å². The van der Waals surface area contributed by atoms with E-state index in [0.717, 1.165) is 0 Å². The SMILES string of the molecule is C=C/C(O)=C\C=C\c1coc2cc(O)cc(C)c2c1=O. The second kappa shape index (κ2) is 5.48. The average Bonchev–Trinajstić information content (AvgIpc) is 2.40. The number of aliphatic hydroxyl groups excluding tert-OH is 1. The minimum atomic E-state index is -0.188. The van der Waals surface area contributed by atoms with Gasteiger partial charge in [0.1, 0.15) is 23.4 Å². The second-order valence-corrected chi connectivity index (χ2v) is 4.31. The number of aliphatic hydroxyl groups is 1. The summed E-state index contributed by atoms with van der Waals surface area (Å²) >= 11 is 0. The van der Waals surface area contributed by atoms with Gasteiger partial charge in [-0.2, -0.15) is 0 Å². The van der Waals surface area contributed by atoms with Crippen LogP contribution in [0.25, 0.3) is 17.0 Å². The molecule has 0 unspecified atom stereocenters. The van der Waals surface area contributed by atoms with Gasteiger partial charge in [0, 0.05) is 6.07 Å². The summed E-state index contributed by atoms with van der Waals surface area (Å²) in [6.45, 7) is 5.14. The van der Waals surface area contributed by atoms with Crippen LogP contribution in [0.5, 0.6) is 5.75 Å². The minimum absolute atomic E-state index is 0.00697. The average molecular weight is 270 g/mol. The standard InChI is InChI=1S/C16H14O4/c1-3-12(17)6-4-5-11-9-20-14-8-13(18)7-10(2)15(14)16(11)19/h3-9,17-18H,1H2,2H3/b5-4+,12-6+. The fourth-order valence-corrected chi connectivity index (χ4v) is 1.88. The van der Waals surface area contributed by atoms with Crippen molar-refractivity contribution in [3.05, 3.63) is 70.3 Å². The Morgan fingerprint density at radius 2 is 2.15 bits per heavy atom. The molecule has 0 bridgehead atoms. The number of aromatic hydroxyl groups is 1. The molecule has 1 heterocycles. The van der Waals surface area contributed by atoms with Crippen LogP contribution in [0, 0.1) is 6.92 Å². The van der Waals surface area contributed by atoms with Gasteiger partial charge in [-0.05, 0) is 36.8 Å². The van der Waals surface area contributed by atoms with E-state index in [-0.39, 0.29) is 16.9 Å². The Balaban J connectivity index is 2.55. The molecule has 0 radical (unpaired) electrons. The lowest BCUT2D eigenvalue weighted by Gasteiger charge is -2.02. The van der Waals surface area contributed by atoms with E-state index in [1.54, 1.807) is 6.92 Å². The van der Waals surface area contributed by atoms with Crippen molar-refractivity contribution >= 4 is 17.0 Å². The van der Waals surface area contributed by atoms with Crippen molar-refractivity contribution in [3.63, 3.8) is 0 Å². The Bertz CT molecular complexity index is 779. The largest absolute Gasteiger partial charge is 0.508 e. The molecule has 0 aliphatic carbocycles. The summed E-state index contributed by atoms with van der Waals surface area (Å²) in [4.78, 5) is 12.3. The molecule has 2 rings (SSSR count). The van der Waals surface area contributed by atoms with Crippen molar-refractivity contribution in [1.82, 2.24) is 0 Å². The van der Waals surface area contributed by atoms with E-state index in [1.807, 2.05) is 0 Å². The molecule has 0 fully saturated rings. The Kier molecular flexibility index (Phi) is 3.75. The molecule has 0 saturated carbocycles. The summed E-state index contributed by atoms with van der Waals surface area (Å²) in [6.07, 6.45) is 7.10. The monoisotopic (exact) mass is 270 g/mol. The first kappa shape index (κ1) is 13.7. The van der Waals surface area contributed by atoms with Gasteiger partial charge in [0.25, 0.3) is 0 Å². The van der Waals surface area contributed by atoms with Gasteiger partial charge < -0.3 is 14.6 Å². The highest BCUT2D eigenvalue weighted by Gasteiger charge is 2.08. The van der Waals surface area contributed by atoms with Crippen LogP contribution < -0.4 is 5.43 Å². The first-order valence-corrected chi connectivity index (χ1v) is 5.98. The molecule has 0 spiro atoms. The van der Waals surface area contributed by atoms with Gasteiger partial charge in [0.2, 0.25) is 0 Å². The summed E-state index contributed by atoms with van der Waals surface area (Å²) in [5.41, 5.74) is 1.16.